The molecule has 0 saturated carbocycles. The molecule has 0 spiro atoms. The molecule has 1 aliphatic rings. The summed E-state index contributed by atoms with van der Waals surface area (Å²) in [5.74, 6) is 0.0234. The highest BCUT2D eigenvalue weighted by Gasteiger charge is 2.49. The third-order valence-electron chi connectivity index (χ3n) is 3.88. The molecule has 0 bridgehead atoms. The first kappa shape index (κ1) is 15.6. The van der Waals surface area contributed by atoms with Crippen molar-refractivity contribution in [1.82, 2.24) is 0 Å². The van der Waals surface area contributed by atoms with Crippen LogP contribution in [-0.4, -0.2) is 43.9 Å². The van der Waals surface area contributed by atoms with Crippen LogP contribution in [0.3, 0.4) is 0 Å². The van der Waals surface area contributed by atoms with E-state index in [4.69, 9.17) is 14.2 Å². The van der Waals surface area contributed by atoms with Crippen LogP contribution in [0.1, 0.15) is 41.0 Å². The number of rotatable bonds is 6. The predicted octanol–water partition coefficient (Wildman–Crippen LogP) is 2.20. The van der Waals surface area contributed by atoms with Crippen molar-refractivity contribution >= 4 is 5.78 Å². The van der Waals surface area contributed by atoms with Crippen molar-refractivity contribution in [2.24, 2.45) is 5.41 Å². The zero-order valence-corrected chi connectivity index (χ0v) is 12.4. The van der Waals surface area contributed by atoms with Gasteiger partial charge in [0.15, 0.2) is 5.78 Å². The summed E-state index contributed by atoms with van der Waals surface area (Å²) in [5, 5.41) is 0. The number of hydrogen-bond donors (Lipinski definition) is 0. The van der Waals surface area contributed by atoms with E-state index < -0.39 is 0 Å². The van der Waals surface area contributed by atoms with Gasteiger partial charge in [-0.25, -0.2) is 0 Å². The van der Waals surface area contributed by atoms with E-state index in [-0.39, 0.29) is 42.2 Å². The van der Waals surface area contributed by atoms with Crippen molar-refractivity contribution in [3.8, 4) is 0 Å². The predicted molar refractivity (Wildman–Crippen MR) is 69.6 cm³/mol. The second kappa shape index (κ2) is 6.13. The monoisotopic (exact) mass is 258 g/mol. The number of carbonyl (C=O) groups excluding carboxylic acids is 1. The van der Waals surface area contributed by atoms with Gasteiger partial charge in [-0.05, 0) is 25.7 Å². The summed E-state index contributed by atoms with van der Waals surface area (Å²) in [5.41, 5.74) is 0.0310. The lowest BCUT2D eigenvalue weighted by molar-refractivity contribution is -0.127. The summed E-state index contributed by atoms with van der Waals surface area (Å²) >= 11 is 0. The Morgan fingerprint density at radius 1 is 1.33 bits per heavy atom. The third kappa shape index (κ3) is 3.31. The van der Waals surface area contributed by atoms with E-state index in [2.05, 4.69) is 20.8 Å². The van der Waals surface area contributed by atoms with Crippen molar-refractivity contribution in [2.75, 3.05) is 13.7 Å². The number of methoxy groups -OCH3 is 1. The SMILES string of the molecule is CCC(C)(C)C1OC(C)C(OCC(C)=O)C1OC. The van der Waals surface area contributed by atoms with Crippen LogP contribution in [0.15, 0.2) is 0 Å². The van der Waals surface area contributed by atoms with Crippen LogP contribution < -0.4 is 0 Å². The van der Waals surface area contributed by atoms with Crippen LogP contribution in [0.2, 0.25) is 0 Å². The largest absolute Gasteiger partial charge is 0.376 e. The Kier molecular flexibility index (Phi) is 5.32. The Morgan fingerprint density at radius 2 is 1.94 bits per heavy atom. The molecule has 0 N–H and O–H groups in total. The molecule has 18 heavy (non-hydrogen) atoms. The molecule has 0 aromatic heterocycles. The zero-order valence-electron chi connectivity index (χ0n) is 12.4. The molecular formula is C14H26O4. The summed E-state index contributed by atoms with van der Waals surface area (Å²) in [6.07, 6.45) is 0.664. The minimum absolute atomic E-state index is 0.000502. The molecule has 0 amide bonds. The fourth-order valence-electron chi connectivity index (χ4n) is 2.36. The van der Waals surface area contributed by atoms with E-state index in [9.17, 15) is 4.79 Å². The second-order valence-electron chi connectivity index (χ2n) is 5.78. The Hall–Kier alpha value is -0.450. The maximum Gasteiger partial charge on any atom is 0.155 e. The molecule has 4 atom stereocenters. The maximum atomic E-state index is 11.0. The molecule has 1 saturated heterocycles. The number of ether oxygens (including phenoxy) is 3. The van der Waals surface area contributed by atoms with E-state index in [1.165, 1.54) is 6.92 Å². The molecule has 0 radical (unpaired) electrons. The van der Waals surface area contributed by atoms with Crippen LogP contribution in [0.4, 0.5) is 0 Å². The minimum Gasteiger partial charge on any atom is -0.376 e. The summed E-state index contributed by atoms with van der Waals surface area (Å²) in [6.45, 7) is 10.1. The lowest BCUT2D eigenvalue weighted by Crippen LogP contribution is -2.43. The Labute approximate surface area is 110 Å². The molecule has 4 heteroatoms. The number of hydrogen-bond acceptors (Lipinski definition) is 4. The van der Waals surface area contributed by atoms with Crippen molar-refractivity contribution in [1.29, 1.82) is 0 Å². The summed E-state index contributed by atoms with van der Waals surface area (Å²) < 4.78 is 17.2. The van der Waals surface area contributed by atoms with Gasteiger partial charge in [-0.3, -0.25) is 4.79 Å². The second-order valence-corrected chi connectivity index (χ2v) is 5.78. The smallest absolute Gasteiger partial charge is 0.155 e. The van der Waals surface area contributed by atoms with E-state index in [0.29, 0.717) is 0 Å². The van der Waals surface area contributed by atoms with Crippen LogP contribution >= 0.6 is 0 Å². The first-order valence-corrected chi connectivity index (χ1v) is 6.62. The topological polar surface area (TPSA) is 44.8 Å². The molecule has 1 rings (SSSR count). The van der Waals surface area contributed by atoms with Gasteiger partial charge in [0.05, 0.1) is 12.2 Å². The van der Waals surface area contributed by atoms with Gasteiger partial charge in [-0.2, -0.15) is 0 Å². The van der Waals surface area contributed by atoms with Crippen LogP contribution in [-0.2, 0) is 19.0 Å². The molecular weight excluding hydrogens is 232 g/mol. The van der Waals surface area contributed by atoms with E-state index in [1.54, 1.807) is 7.11 Å². The fourth-order valence-corrected chi connectivity index (χ4v) is 2.36. The lowest BCUT2D eigenvalue weighted by Gasteiger charge is -2.33. The molecule has 0 aliphatic carbocycles. The summed E-state index contributed by atoms with van der Waals surface area (Å²) in [7, 11) is 1.68. The van der Waals surface area contributed by atoms with E-state index >= 15 is 0 Å². The van der Waals surface area contributed by atoms with Gasteiger partial charge >= 0.3 is 0 Å². The highest BCUT2D eigenvalue weighted by atomic mass is 16.6. The standard InChI is InChI=1S/C14H26O4/c1-7-14(4,5)13-12(16-6)11(10(3)18-13)17-8-9(2)15/h10-13H,7-8H2,1-6H3. The average Bonchev–Trinajstić information content (AvgIpc) is 2.63. The number of Topliss-reactive ketones (excluding diaryl/α,β-unsaturated/α-hetero) is 1. The summed E-state index contributed by atoms with van der Waals surface area (Å²) in [6, 6.07) is 0. The molecule has 4 unspecified atom stereocenters. The van der Waals surface area contributed by atoms with Crippen molar-refractivity contribution in [3.05, 3.63) is 0 Å². The van der Waals surface area contributed by atoms with Crippen molar-refractivity contribution < 1.29 is 19.0 Å². The molecule has 1 heterocycles. The molecule has 4 nitrogen and oxygen atoms in total. The van der Waals surface area contributed by atoms with Gasteiger partial charge in [0.1, 0.15) is 18.8 Å². The quantitative estimate of drug-likeness (QED) is 0.732. The highest BCUT2D eigenvalue weighted by Crippen LogP contribution is 2.38. The number of carbonyl (C=O) groups is 1. The van der Waals surface area contributed by atoms with Crippen molar-refractivity contribution in [3.63, 3.8) is 0 Å². The fraction of sp³-hybridized carbons (Fsp3) is 0.929. The van der Waals surface area contributed by atoms with Gasteiger partial charge in [-0.1, -0.05) is 20.8 Å². The maximum absolute atomic E-state index is 11.0. The average molecular weight is 258 g/mol. The molecule has 106 valence electrons. The Morgan fingerprint density at radius 3 is 2.39 bits per heavy atom. The molecule has 1 fully saturated rings. The van der Waals surface area contributed by atoms with E-state index in [1.807, 2.05) is 6.92 Å². The Balaban J connectivity index is 2.78. The minimum atomic E-state index is -0.172. The molecule has 0 aromatic rings. The van der Waals surface area contributed by atoms with Crippen LogP contribution in [0.5, 0.6) is 0 Å². The Bertz CT molecular complexity index is 288. The third-order valence-corrected chi connectivity index (χ3v) is 3.88. The van der Waals surface area contributed by atoms with Gasteiger partial charge in [0.25, 0.3) is 0 Å². The molecule has 0 aromatic carbocycles. The first-order chi connectivity index (χ1) is 8.33. The van der Waals surface area contributed by atoms with E-state index in [0.717, 1.165) is 6.42 Å². The summed E-state index contributed by atoms with van der Waals surface area (Å²) in [4.78, 5) is 11.0. The normalized spacial score (nSPS) is 32.8. The molecule has 1 aliphatic heterocycles. The zero-order chi connectivity index (χ0) is 13.9. The van der Waals surface area contributed by atoms with Gasteiger partial charge < -0.3 is 14.2 Å². The van der Waals surface area contributed by atoms with Crippen molar-refractivity contribution in [2.45, 2.75) is 65.5 Å². The van der Waals surface area contributed by atoms with Gasteiger partial charge in [-0.15, -0.1) is 0 Å². The highest BCUT2D eigenvalue weighted by molar-refractivity contribution is 5.76. The van der Waals surface area contributed by atoms with Crippen LogP contribution in [0.25, 0.3) is 0 Å². The van der Waals surface area contributed by atoms with Crippen LogP contribution in [0, 0.1) is 5.41 Å². The number of ketones is 1. The lowest BCUT2D eigenvalue weighted by atomic mass is 9.81. The van der Waals surface area contributed by atoms with Gasteiger partial charge in [0.2, 0.25) is 0 Å². The first-order valence-electron chi connectivity index (χ1n) is 6.62. The van der Waals surface area contributed by atoms with Gasteiger partial charge in [0, 0.05) is 7.11 Å².